The summed E-state index contributed by atoms with van der Waals surface area (Å²) in [5, 5.41) is 1.42. The molecule has 1 heterocycles. The van der Waals surface area contributed by atoms with Gasteiger partial charge in [-0.3, -0.25) is 0 Å². The highest BCUT2D eigenvalue weighted by Crippen LogP contribution is 2.43. The second-order valence-corrected chi connectivity index (χ2v) is 7.68. The van der Waals surface area contributed by atoms with Gasteiger partial charge in [-0.05, 0) is 30.2 Å². The summed E-state index contributed by atoms with van der Waals surface area (Å²) in [4.78, 5) is 0.886. The molecular weight excluding hydrogens is 252 g/mol. The topological polar surface area (TPSA) is 34.1 Å². The zero-order valence-corrected chi connectivity index (χ0v) is 10.6. The van der Waals surface area contributed by atoms with Crippen molar-refractivity contribution in [3.63, 3.8) is 0 Å². The van der Waals surface area contributed by atoms with E-state index in [0.29, 0.717) is 0 Å². The van der Waals surface area contributed by atoms with E-state index in [9.17, 15) is 8.42 Å². The smallest absolute Gasteiger partial charge is 0.212 e. The summed E-state index contributed by atoms with van der Waals surface area (Å²) in [6.45, 7) is 0. The van der Waals surface area contributed by atoms with Gasteiger partial charge in [-0.25, -0.2) is 8.42 Å². The molecule has 2 nitrogen and oxygen atoms in total. The number of rotatable bonds is 3. The molecule has 1 unspecified atom stereocenters. The number of halogens is 1. The fraction of sp³-hybridized carbons (Fsp3) is 0.600. The van der Waals surface area contributed by atoms with Crippen molar-refractivity contribution < 1.29 is 8.42 Å². The van der Waals surface area contributed by atoms with Gasteiger partial charge in [-0.1, -0.05) is 18.9 Å². The monoisotopic (exact) mass is 264 g/mol. The lowest BCUT2D eigenvalue weighted by molar-refractivity contribution is 0.504. The van der Waals surface area contributed by atoms with Crippen molar-refractivity contribution in [3.8, 4) is 0 Å². The minimum Gasteiger partial charge on any atom is -0.212 e. The Kier molecular flexibility index (Phi) is 3.38. The van der Waals surface area contributed by atoms with E-state index in [1.807, 2.05) is 17.5 Å². The molecule has 0 radical (unpaired) electrons. The fourth-order valence-corrected chi connectivity index (χ4v) is 5.63. The van der Waals surface area contributed by atoms with Crippen molar-refractivity contribution in [2.75, 3.05) is 0 Å². The molecule has 1 aliphatic rings. The van der Waals surface area contributed by atoms with Crippen LogP contribution in [-0.2, 0) is 9.05 Å². The molecule has 1 fully saturated rings. The summed E-state index contributed by atoms with van der Waals surface area (Å²) in [5.74, 6) is 0.214. The first-order chi connectivity index (χ1) is 7.09. The summed E-state index contributed by atoms with van der Waals surface area (Å²) in [5.41, 5.74) is 0. The van der Waals surface area contributed by atoms with E-state index in [1.165, 1.54) is 11.3 Å². The third kappa shape index (κ3) is 2.55. The lowest BCUT2D eigenvalue weighted by atomic mass is 10.0. The SMILES string of the molecule is O=S(=O)(Cl)C(c1cccs1)C1CCCC1. The van der Waals surface area contributed by atoms with Crippen molar-refractivity contribution >= 4 is 31.1 Å². The van der Waals surface area contributed by atoms with Gasteiger partial charge in [0.05, 0.1) is 0 Å². The van der Waals surface area contributed by atoms with E-state index in [-0.39, 0.29) is 5.92 Å². The molecule has 1 aromatic heterocycles. The average molecular weight is 265 g/mol. The van der Waals surface area contributed by atoms with Crippen molar-refractivity contribution in [2.45, 2.75) is 30.9 Å². The van der Waals surface area contributed by atoms with Crippen LogP contribution in [0.1, 0.15) is 35.8 Å². The third-order valence-electron chi connectivity index (χ3n) is 2.95. The zero-order chi connectivity index (χ0) is 10.9. The van der Waals surface area contributed by atoms with Crippen molar-refractivity contribution in [2.24, 2.45) is 5.92 Å². The summed E-state index contributed by atoms with van der Waals surface area (Å²) >= 11 is 1.48. The summed E-state index contributed by atoms with van der Waals surface area (Å²) in [6.07, 6.45) is 4.21. The number of hydrogen-bond acceptors (Lipinski definition) is 3. The Bertz CT molecular complexity index is 405. The van der Waals surface area contributed by atoms with Crippen LogP contribution < -0.4 is 0 Å². The maximum absolute atomic E-state index is 11.6. The van der Waals surface area contributed by atoms with Gasteiger partial charge in [0.25, 0.3) is 0 Å². The van der Waals surface area contributed by atoms with Crippen molar-refractivity contribution in [1.29, 1.82) is 0 Å². The summed E-state index contributed by atoms with van der Waals surface area (Å²) in [6, 6.07) is 3.75. The van der Waals surface area contributed by atoms with Crippen LogP contribution in [0.4, 0.5) is 0 Å². The molecule has 1 atom stereocenters. The Morgan fingerprint density at radius 3 is 2.53 bits per heavy atom. The lowest BCUT2D eigenvalue weighted by Gasteiger charge is -2.18. The molecule has 15 heavy (non-hydrogen) atoms. The first kappa shape index (κ1) is 11.4. The largest absolute Gasteiger partial charge is 0.240 e. The molecule has 5 heteroatoms. The molecule has 0 spiro atoms. The Labute approximate surface area is 98.7 Å². The highest BCUT2D eigenvalue weighted by molar-refractivity contribution is 8.14. The first-order valence-electron chi connectivity index (χ1n) is 5.06. The zero-order valence-electron chi connectivity index (χ0n) is 8.23. The quantitative estimate of drug-likeness (QED) is 0.783. The van der Waals surface area contributed by atoms with E-state index in [2.05, 4.69) is 0 Å². The van der Waals surface area contributed by atoms with Gasteiger partial charge >= 0.3 is 0 Å². The molecule has 0 aromatic carbocycles. The molecule has 2 rings (SSSR count). The molecule has 0 N–H and O–H groups in total. The molecule has 0 bridgehead atoms. The maximum Gasteiger partial charge on any atom is 0.240 e. The van der Waals surface area contributed by atoms with E-state index in [1.54, 1.807) is 0 Å². The van der Waals surface area contributed by atoms with Crippen LogP contribution in [0.15, 0.2) is 17.5 Å². The summed E-state index contributed by atoms with van der Waals surface area (Å²) in [7, 11) is 2.06. The fourth-order valence-electron chi connectivity index (χ4n) is 2.31. The Hall–Kier alpha value is -0.0600. The van der Waals surface area contributed by atoms with Gasteiger partial charge in [0.15, 0.2) is 0 Å². The van der Waals surface area contributed by atoms with Crippen LogP contribution in [0.5, 0.6) is 0 Å². The van der Waals surface area contributed by atoms with Crippen molar-refractivity contribution in [1.82, 2.24) is 0 Å². The van der Waals surface area contributed by atoms with Gasteiger partial charge in [0.1, 0.15) is 5.25 Å². The van der Waals surface area contributed by atoms with Gasteiger partial charge in [-0.15, -0.1) is 11.3 Å². The second-order valence-electron chi connectivity index (χ2n) is 3.96. The van der Waals surface area contributed by atoms with Crippen LogP contribution in [0, 0.1) is 5.92 Å². The van der Waals surface area contributed by atoms with Crippen LogP contribution in [0.25, 0.3) is 0 Å². The molecule has 84 valence electrons. The maximum atomic E-state index is 11.6. The second kappa shape index (κ2) is 4.44. The number of thiophene rings is 1. The highest BCUT2D eigenvalue weighted by Gasteiger charge is 2.35. The minimum atomic E-state index is -3.49. The molecule has 1 aliphatic carbocycles. The van der Waals surface area contributed by atoms with Crippen LogP contribution in [0.2, 0.25) is 0 Å². The lowest BCUT2D eigenvalue weighted by Crippen LogP contribution is -2.15. The van der Waals surface area contributed by atoms with E-state index in [0.717, 1.165) is 30.6 Å². The number of hydrogen-bond donors (Lipinski definition) is 0. The molecule has 0 amide bonds. The van der Waals surface area contributed by atoms with Gasteiger partial charge < -0.3 is 0 Å². The first-order valence-corrected chi connectivity index (χ1v) is 8.31. The minimum absolute atomic E-state index is 0.214. The standard InChI is InChI=1S/C10H13ClO2S2/c11-15(12,13)10(8-4-1-2-5-8)9-6-3-7-14-9/h3,6-8,10H,1-2,4-5H2. The van der Waals surface area contributed by atoms with Crippen LogP contribution in [0.3, 0.4) is 0 Å². The average Bonchev–Trinajstić information content (AvgIpc) is 2.73. The predicted octanol–water partition coefficient (Wildman–Crippen LogP) is 3.55. The molecule has 1 saturated carbocycles. The summed E-state index contributed by atoms with van der Waals surface area (Å²) < 4.78 is 23.2. The van der Waals surface area contributed by atoms with Gasteiger partial charge in [0.2, 0.25) is 9.05 Å². The highest BCUT2D eigenvalue weighted by atomic mass is 35.7. The van der Waals surface area contributed by atoms with Gasteiger partial charge in [-0.2, -0.15) is 0 Å². The molecular formula is C10H13ClO2S2. The van der Waals surface area contributed by atoms with E-state index < -0.39 is 14.3 Å². The molecule has 0 aliphatic heterocycles. The Balaban J connectivity index is 2.32. The third-order valence-corrected chi connectivity index (χ3v) is 5.88. The van der Waals surface area contributed by atoms with E-state index >= 15 is 0 Å². The van der Waals surface area contributed by atoms with Crippen LogP contribution >= 0.6 is 22.0 Å². The van der Waals surface area contributed by atoms with E-state index in [4.69, 9.17) is 10.7 Å². The molecule has 1 aromatic rings. The van der Waals surface area contributed by atoms with Gasteiger partial charge in [0, 0.05) is 15.6 Å². The normalized spacial score (nSPS) is 20.6. The Morgan fingerprint density at radius 1 is 1.40 bits per heavy atom. The van der Waals surface area contributed by atoms with Crippen LogP contribution in [-0.4, -0.2) is 8.42 Å². The Morgan fingerprint density at radius 2 is 2.07 bits per heavy atom. The predicted molar refractivity (Wildman–Crippen MR) is 63.8 cm³/mol. The van der Waals surface area contributed by atoms with Crippen molar-refractivity contribution in [3.05, 3.63) is 22.4 Å². The molecule has 0 saturated heterocycles.